The summed E-state index contributed by atoms with van der Waals surface area (Å²) in [7, 11) is 0. The standard InChI is InChI=1S/C14H11ClF2N2O2S/c15-11-7-9(1-2-12(11)21-14(16)17)19-13(20)8-22-10-3-5-18-6-4-10/h1-7,14H,8H2,(H,19,20). The van der Waals surface area contributed by atoms with E-state index >= 15 is 0 Å². The molecule has 0 fully saturated rings. The van der Waals surface area contributed by atoms with Crippen LogP contribution in [0.15, 0.2) is 47.6 Å². The largest absolute Gasteiger partial charge is 0.433 e. The highest BCUT2D eigenvalue weighted by atomic mass is 35.5. The fourth-order valence-corrected chi connectivity index (χ4v) is 2.46. The first kappa shape index (κ1) is 16.5. The van der Waals surface area contributed by atoms with Crippen molar-refractivity contribution in [3.05, 3.63) is 47.7 Å². The monoisotopic (exact) mass is 344 g/mol. The SMILES string of the molecule is O=C(CSc1ccncc1)Nc1ccc(OC(F)F)c(Cl)c1. The summed E-state index contributed by atoms with van der Waals surface area (Å²) < 4.78 is 28.5. The number of carbonyl (C=O) groups is 1. The molecule has 1 heterocycles. The van der Waals surface area contributed by atoms with Crippen molar-refractivity contribution < 1.29 is 18.3 Å². The molecule has 0 unspecified atom stereocenters. The minimum absolute atomic E-state index is 0.000105. The lowest BCUT2D eigenvalue weighted by Crippen LogP contribution is -2.14. The van der Waals surface area contributed by atoms with Gasteiger partial charge < -0.3 is 10.1 Å². The number of pyridine rings is 1. The highest BCUT2D eigenvalue weighted by Gasteiger charge is 2.10. The van der Waals surface area contributed by atoms with E-state index in [0.717, 1.165) is 4.90 Å². The third-order valence-electron chi connectivity index (χ3n) is 2.45. The van der Waals surface area contributed by atoms with Crippen LogP contribution in [0.2, 0.25) is 5.02 Å². The highest BCUT2D eigenvalue weighted by molar-refractivity contribution is 8.00. The second kappa shape index (κ2) is 7.95. The fourth-order valence-electron chi connectivity index (χ4n) is 1.55. The maximum atomic E-state index is 12.1. The number of anilines is 1. The van der Waals surface area contributed by atoms with E-state index in [0.29, 0.717) is 5.69 Å². The highest BCUT2D eigenvalue weighted by Crippen LogP contribution is 2.29. The van der Waals surface area contributed by atoms with Crippen LogP contribution in [-0.2, 0) is 4.79 Å². The van der Waals surface area contributed by atoms with E-state index in [2.05, 4.69) is 15.0 Å². The second-order valence-corrected chi connectivity index (χ2v) is 5.50. The molecule has 0 spiro atoms. The molecule has 0 aliphatic heterocycles. The molecule has 4 nitrogen and oxygen atoms in total. The second-order valence-electron chi connectivity index (χ2n) is 4.04. The first-order valence-electron chi connectivity index (χ1n) is 6.11. The molecular formula is C14H11ClF2N2O2S. The number of aromatic nitrogens is 1. The molecule has 0 bridgehead atoms. The van der Waals surface area contributed by atoms with Crippen LogP contribution in [0.4, 0.5) is 14.5 Å². The van der Waals surface area contributed by atoms with Crippen LogP contribution >= 0.6 is 23.4 Å². The molecule has 116 valence electrons. The normalized spacial score (nSPS) is 10.5. The zero-order chi connectivity index (χ0) is 15.9. The summed E-state index contributed by atoms with van der Waals surface area (Å²) >= 11 is 7.16. The Morgan fingerprint density at radius 1 is 1.32 bits per heavy atom. The van der Waals surface area contributed by atoms with Gasteiger partial charge in [-0.15, -0.1) is 11.8 Å². The number of alkyl halides is 2. The van der Waals surface area contributed by atoms with E-state index in [1.807, 2.05) is 0 Å². The lowest BCUT2D eigenvalue weighted by Gasteiger charge is -2.09. The van der Waals surface area contributed by atoms with Gasteiger partial charge in [0.1, 0.15) is 5.75 Å². The molecule has 0 saturated carbocycles. The molecule has 0 aliphatic rings. The maximum Gasteiger partial charge on any atom is 0.387 e. The van der Waals surface area contributed by atoms with Gasteiger partial charge >= 0.3 is 6.61 Å². The van der Waals surface area contributed by atoms with Crippen LogP contribution in [0.25, 0.3) is 0 Å². The molecule has 0 atom stereocenters. The Kier molecular flexibility index (Phi) is 5.97. The minimum Gasteiger partial charge on any atom is -0.433 e. The Morgan fingerprint density at radius 2 is 2.05 bits per heavy atom. The van der Waals surface area contributed by atoms with Gasteiger partial charge in [0.05, 0.1) is 10.8 Å². The van der Waals surface area contributed by atoms with Gasteiger partial charge in [0.25, 0.3) is 0 Å². The van der Waals surface area contributed by atoms with E-state index in [-0.39, 0.29) is 22.4 Å². The lowest BCUT2D eigenvalue weighted by molar-refractivity contribution is -0.113. The predicted octanol–water partition coefficient (Wildman–Crippen LogP) is 4.07. The summed E-state index contributed by atoms with van der Waals surface area (Å²) in [6, 6.07) is 7.67. The third-order valence-corrected chi connectivity index (χ3v) is 3.76. The van der Waals surface area contributed by atoms with Gasteiger partial charge in [0.15, 0.2) is 0 Å². The van der Waals surface area contributed by atoms with Gasteiger partial charge in [-0.1, -0.05) is 11.6 Å². The van der Waals surface area contributed by atoms with Gasteiger partial charge in [-0.05, 0) is 30.3 Å². The zero-order valence-corrected chi connectivity index (χ0v) is 12.7. The van der Waals surface area contributed by atoms with Crippen molar-refractivity contribution in [3.63, 3.8) is 0 Å². The molecule has 1 aromatic carbocycles. The summed E-state index contributed by atoms with van der Waals surface area (Å²) in [5, 5.41) is 2.63. The number of benzene rings is 1. The van der Waals surface area contributed by atoms with E-state index in [9.17, 15) is 13.6 Å². The van der Waals surface area contributed by atoms with E-state index in [4.69, 9.17) is 11.6 Å². The maximum absolute atomic E-state index is 12.1. The number of nitrogens with one attached hydrogen (secondary N) is 1. The number of amides is 1. The summed E-state index contributed by atoms with van der Waals surface area (Å²) in [4.78, 5) is 16.6. The van der Waals surface area contributed by atoms with E-state index < -0.39 is 6.61 Å². The van der Waals surface area contributed by atoms with Gasteiger partial charge in [0, 0.05) is 23.0 Å². The average molecular weight is 345 g/mol. The summed E-state index contributed by atoms with van der Waals surface area (Å²) in [6.45, 7) is -2.95. The molecular weight excluding hydrogens is 334 g/mol. The van der Waals surface area contributed by atoms with Gasteiger partial charge in [-0.3, -0.25) is 9.78 Å². The van der Waals surface area contributed by atoms with Gasteiger partial charge in [0.2, 0.25) is 5.91 Å². The molecule has 2 aromatic rings. The quantitative estimate of drug-likeness (QED) is 0.803. The van der Waals surface area contributed by atoms with E-state index in [1.165, 1.54) is 30.0 Å². The Hall–Kier alpha value is -1.86. The fraction of sp³-hybridized carbons (Fsp3) is 0.143. The number of hydrogen-bond acceptors (Lipinski definition) is 4. The molecule has 1 amide bonds. The topological polar surface area (TPSA) is 51.2 Å². The van der Waals surface area contributed by atoms with Crippen molar-refractivity contribution in [1.82, 2.24) is 4.98 Å². The number of ether oxygens (including phenoxy) is 1. The van der Waals surface area contributed by atoms with Crippen LogP contribution in [0.1, 0.15) is 0 Å². The van der Waals surface area contributed by atoms with Crippen LogP contribution in [-0.4, -0.2) is 23.3 Å². The van der Waals surface area contributed by atoms with Crippen LogP contribution in [0.3, 0.4) is 0 Å². The van der Waals surface area contributed by atoms with Gasteiger partial charge in [-0.2, -0.15) is 8.78 Å². The third kappa shape index (κ3) is 5.16. The molecule has 0 saturated heterocycles. The molecule has 0 aliphatic carbocycles. The number of nitrogens with zero attached hydrogens (tertiary/aromatic N) is 1. The Labute approximate surface area is 134 Å². The molecule has 1 N–H and O–H groups in total. The number of carbonyl (C=O) groups excluding carboxylic acids is 1. The predicted molar refractivity (Wildman–Crippen MR) is 81.7 cm³/mol. The van der Waals surface area contributed by atoms with Crippen molar-refractivity contribution >= 4 is 35.0 Å². The molecule has 22 heavy (non-hydrogen) atoms. The van der Waals surface area contributed by atoms with E-state index in [1.54, 1.807) is 24.5 Å². The van der Waals surface area contributed by atoms with Crippen LogP contribution < -0.4 is 10.1 Å². The van der Waals surface area contributed by atoms with Crippen LogP contribution in [0.5, 0.6) is 5.75 Å². The number of thioether (sulfide) groups is 1. The first-order chi connectivity index (χ1) is 10.5. The number of rotatable bonds is 6. The average Bonchev–Trinajstić information content (AvgIpc) is 2.49. The van der Waals surface area contributed by atoms with Crippen molar-refractivity contribution in [3.8, 4) is 5.75 Å². The Balaban J connectivity index is 1.90. The van der Waals surface area contributed by atoms with Crippen LogP contribution in [0, 0.1) is 0 Å². The number of halogens is 3. The Morgan fingerprint density at radius 3 is 2.68 bits per heavy atom. The van der Waals surface area contributed by atoms with Crippen molar-refractivity contribution in [2.45, 2.75) is 11.5 Å². The smallest absolute Gasteiger partial charge is 0.387 e. The summed E-state index contributed by atoms with van der Waals surface area (Å²) in [5.74, 6) is -0.169. The zero-order valence-electron chi connectivity index (χ0n) is 11.1. The summed E-state index contributed by atoms with van der Waals surface area (Å²) in [6.07, 6.45) is 3.28. The Bertz CT molecular complexity index is 644. The minimum atomic E-state index is -2.95. The molecule has 2 rings (SSSR count). The van der Waals surface area contributed by atoms with Crippen molar-refractivity contribution in [2.24, 2.45) is 0 Å². The first-order valence-corrected chi connectivity index (χ1v) is 7.48. The molecule has 8 heteroatoms. The lowest BCUT2D eigenvalue weighted by atomic mass is 10.3. The number of hydrogen-bond donors (Lipinski definition) is 1. The van der Waals surface area contributed by atoms with Crippen molar-refractivity contribution in [2.75, 3.05) is 11.1 Å². The molecule has 0 radical (unpaired) electrons. The van der Waals surface area contributed by atoms with Gasteiger partial charge in [-0.25, -0.2) is 0 Å². The molecule has 1 aromatic heterocycles. The summed E-state index contributed by atoms with van der Waals surface area (Å²) in [5.41, 5.74) is 0.409. The van der Waals surface area contributed by atoms with Crippen molar-refractivity contribution in [1.29, 1.82) is 0 Å².